The van der Waals surface area contributed by atoms with Gasteiger partial charge in [-0.15, -0.1) is 6.58 Å². The lowest BCUT2D eigenvalue weighted by atomic mass is 10.1. The molecule has 116 valence electrons. The van der Waals surface area contributed by atoms with Gasteiger partial charge in [0, 0.05) is 12.1 Å². The van der Waals surface area contributed by atoms with Crippen LogP contribution in [0, 0.1) is 0 Å². The van der Waals surface area contributed by atoms with E-state index in [1.165, 1.54) is 0 Å². The minimum absolute atomic E-state index is 0.208. The Morgan fingerprint density at radius 3 is 2.05 bits per heavy atom. The Bertz CT molecular complexity index is 458. The number of benzene rings is 1. The second-order valence-corrected chi connectivity index (χ2v) is 4.10. The molecule has 0 bridgehead atoms. The van der Waals surface area contributed by atoms with Gasteiger partial charge in [0.1, 0.15) is 0 Å². The largest absolute Gasteiger partial charge is 0.490 e. The summed E-state index contributed by atoms with van der Waals surface area (Å²) in [5.74, 6) is 1.34. The lowest BCUT2D eigenvalue weighted by Gasteiger charge is -2.17. The van der Waals surface area contributed by atoms with Crippen molar-refractivity contribution in [1.29, 1.82) is 0 Å². The highest BCUT2D eigenvalue weighted by Gasteiger charge is 2.17. The van der Waals surface area contributed by atoms with Crippen LogP contribution in [0.2, 0.25) is 0 Å². The zero-order chi connectivity index (χ0) is 15.7. The quantitative estimate of drug-likeness (QED) is 0.711. The Morgan fingerprint density at radius 2 is 1.62 bits per heavy atom. The lowest BCUT2D eigenvalue weighted by Crippen LogP contribution is -2.23. The van der Waals surface area contributed by atoms with Crippen molar-refractivity contribution in [3.05, 3.63) is 30.4 Å². The van der Waals surface area contributed by atoms with Gasteiger partial charge in [-0.2, -0.15) is 0 Å². The first-order chi connectivity index (χ1) is 10.2. The van der Waals surface area contributed by atoms with Crippen molar-refractivity contribution in [2.45, 2.75) is 20.8 Å². The van der Waals surface area contributed by atoms with E-state index in [0.29, 0.717) is 49.2 Å². The number of ether oxygens (including phenoxy) is 3. The monoisotopic (exact) mass is 293 g/mol. The Kier molecular flexibility index (Phi) is 7.15. The van der Waals surface area contributed by atoms with Crippen molar-refractivity contribution in [2.75, 3.05) is 26.4 Å². The molecular weight excluding hydrogens is 270 g/mol. The first-order valence-corrected chi connectivity index (χ1v) is 7.13. The molecule has 1 aromatic rings. The topological polar surface area (TPSA) is 56.8 Å². The van der Waals surface area contributed by atoms with Gasteiger partial charge < -0.3 is 19.5 Å². The van der Waals surface area contributed by atoms with Gasteiger partial charge >= 0.3 is 0 Å². The smallest absolute Gasteiger partial charge is 0.251 e. The van der Waals surface area contributed by atoms with Crippen molar-refractivity contribution >= 4 is 5.91 Å². The van der Waals surface area contributed by atoms with Crippen molar-refractivity contribution in [3.8, 4) is 17.2 Å². The SMILES string of the molecule is C=CCNC(=O)c1cc(OCC)c(OCC)c(OCC)c1. The third-order valence-electron chi connectivity index (χ3n) is 2.58. The lowest BCUT2D eigenvalue weighted by molar-refractivity contribution is 0.0957. The number of amides is 1. The van der Waals surface area contributed by atoms with E-state index in [-0.39, 0.29) is 5.91 Å². The van der Waals surface area contributed by atoms with Gasteiger partial charge in [-0.25, -0.2) is 0 Å². The van der Waals surface area contributed by atoms with Gasteiger partial charge in [0.25, 0.3) is 5.91 Å². The fourth-order valence-electron chi connectivity index (χ4n) is 1.79. The first kappa shape index (κ1) is 16.9. The number of rotatable bonds is 9. The molecule has 0 saturated heterocycles. The van der Waals surface area contributed by atoms with Crippen LogP contribution in [0.1, 0.15) is 31.1 Å². The van der Waals surface area contributed by atoms with E-state index in [1.807, 2.05) is 20.8 Å². The molecule has 21 heavy (non-hydrogen) atoms. The molecule has 1 amide bonds. The molecule has 0 aliphatic carbocycles. The summed E-state index contributed by atoms with van der Waals surface area (Å²) < 4.78 is 16.7. The molecule has 0 aromatic heterocycles. The van der Waals surface area contributed by atoms with Crippen LogP contribution < -0.4 is 19.5 Å². The van der Waals surface area contributed by atoms with E-state index < -0.39 is 0 Å². The van der Waals surface area contributed by atoms with E-state index >= 15 is 0 Å². The number of hydrogen-bond acceptors (Lipinski definition) is 4. The van der Waals surface area contributed by atoms with Crippen LogP contribution in [0.4, 0.5) is 0 Å². The number of hydrogen-bond donors (Lipinski definition) is 1. The summed E-state index contributed by atoms with van der Waals surface area (Å²) in [5.41, 5.74) is 0.465. The Labute approximate surface area is 125 Å². The van der Waals surface area contributed by atoms with Crippen LogP contribution in [0.5, 0.6) is 17.2 Å². The maximum Gasteiger partial charge on any atom is 0.251 e. The van der Waals surface area contributed by atoms with E-state index in [4.69, 9.17) is 14.2 Å². The van der Waals surface area contributed by atoms with Crippen LogP contribution >= 0.6 is 0 Å². The molecule has 0 heterocycles. The van der Waals surface area contributed by atoms with Crippen molar-refractivity contribution in [1.82, 2.24) is 5.32 Å². The zero-order valence-electron chi connectivity index (χ0n) is 12.9. The number of carbonyl (C=O) groups is 1. The van der Waals surface area contributed by atoms with E-state index in [9.17, 15) is 4.79 Å². The highest BCUT2D eigenvalue weighted by atomic mass is 16.5. The predicted octanol–water partition coefficient (Wildman–Crippen LogP) is 2.80. The molecule has 0 radical (unpaired) electrons. The van der Waals surface area contributed by atoms with Crippen molar-refractivity contribution in [2.24, 2.45) is 0 Å². The standard InChI is InChI=1S/C16H23NO4/c1-5-9-17-16(18)12-10-13(19-6-2)15(21-8-4)14(11-12)20-7-3/h5,10-11H,1,6-9H2,2-4H3,(H,17,18). The second-order valence-electron chi connectivity index (χ2n) is 4.10. The van der Waals surface area contributed by atoms with Gasteiger partial charge in [-0.05, 0) is 32.9 Å². The highest BCUT2D eigenvalue weighted by Crippen LogP contribution is 2.39. The van der Waals surface area contributed by atoms with E-state index in [2.05, 4.69) is 11.9 Å². The molecule has 0 saturated carbocycles. The average Bonchev–Trinajstić information content (AvgIpc) is 2.48. The molecule has 1 rings (SSSR count). The fraction of sp³-hybridized carbons (Fsp3) is 0.438. The third kappa shape index (κ3) is 4.70. The molecule has 5 heteroatoms. The fourth-order valence-corrected chi connectivity index (χ4v) is 1.79. The van der Waals surface area contributed by atoms with Crippen molar-refractivity contribution in [3.63, 3.8) is 0 Å². The summed E-state index contributed by atoms with van der Waals surface area (Å²) in [6.45, 7) is 11.1. The maximum atomic E-state index is 12.1. The van der Waals surface area contributed by atoms with Crippen LogP contribution in [0.25, 0.3) is 0 Å². The molecule has 0 aliphatic rings. The Morgan fingerprint density at radius 1 is 1.10 bits per heavy atom. The van der Waals surface area contributed by atoms with Crippen LogP contribution in [0.3, 0.4) is 0 Å². The van der Waals surface area contributed by atoms with Gasteiger partial charge in [-0.3, -0.25) is 4.79 Å². The Hall–Kier alpha value is -2.17. The highest BCUT2D eigenvalue weighted by molar-refractivity contribution is 5.95. The molecule has 0 unspecified atom stereocenters. The summed E-state index contributed by atoms with van der Waals surface area (Å²) in [5, 5.41) is 2.73. The maximum absolute atomic E-state index is 12.1. The summed E-state index contributed by atoms with van der Waals surface area (Å²) in [7, 11) is 0. The van der Waals surface area contributed by atoms with Crippen molar-refractivity contribution < 1.29 is 19.0 Å². The second kappa shape index (κ2) is 8.89. The third-order valence-corrected chi connectivity index (χ3v) is 2.58. The summed E-state index contributed by atoms with van der Waals surface area (Å²) in [4.78, 5) is 12.1. The summed E-state index contributed by atoms with van der Waals surface area (Å²) in [6.07, 6.45) is 1.62. The number of nitrogens with one attached hydrogen (secondary N) is 1. The van der Waals surface area contributed by atoms with Gasteiger partial charge in [0.15, 0.2) is 11.5 Å². The zero-order valence-corrected chi connectivity index (χ0v) is 12.9. The minimum Gasteiger partial charge on any atom is -0.490 e. The van der Waals surface area contributed by atoms with Crippen LogP contribution in [0.15, 0.2) is 24.8 Å². The molecule has 0 fully saturated rings. The Balaban J connectivity index is 3.20. The van der Waals surface area contributed by atoms with Gasteiger partial charge in [0.2, 0.25) is 5.75 Å². The van der Waals surface area contributed by atoms with E-state index in [1.54, 1.807) is 18.2 Å². The molecule has 1 aromatic carbocycles. The molecule has 5 nitrogen and oxygen atoms in total. The molecule has 0 atom stereocenters. The predicted molar refractivity (Wildman–Crippen MR) is 82.5 cm³/mol. The first-order valence-electron chi connectivity index (χ1n) is 7.13. The minimum atomic E-state index is -0.208. The van der Waals surface area contributed by atoms with Crippen LogP contribution in [-0.4, -0.2) is 32.3 Å². The number of carbonyl (C=O) groups excluding carboxylic acids is 1. The summed E-state index contributed by atoms with van der Waals surface area (Å²) in [6, 6.07) is 3.32. The summed E-state index contributed by atoms with van der Waals surface area (Å²) >= 11 is 0. The van der Waals surface area contributed by atoms with E-state index in [0.717, 1.165) is 0 Å². The van der Waals surface area contributed by atoms with Crippen LogP contribution in [-0.2, 0) is 0 Å². The molecule has 1 N–H and O–H groups in total. The molecular formula is C16H23NO4. The van der Waals surface area contributed by atoms with Gasteiger partial charge in [0.05, 0.1) is 19.8 Å². The molecule has 0 aliphatic heterocycles. The normalized spacial score (nSPS) is 9.86. The molecule has 0 spiro atoms. The van der Waals surface area contributed by atoms with Gasteiger partial charge in [-0.1, -0.05) is 6.08 Å². The average molecular weight is 293 g/mol.